The van der Waals surface area contributed by atoms with E-state index in [2.05, 4.69) is 33.5 Å². The van der Waals surface area contributed by atoms with Gasteiger partial charge in [-0.15, -0.1) is 0 Å². The fourth-order valence-electron chi connectivity index (χ4n) is 2.40. The molecule has 2 unspecified atom stereocenters. The van der Waals surface area contributed by atoms with Crippen molar-refractivity contribution in [3.63, 3.8) is 0 Å². The summed E-state index contributed by atoms with van der Waals surface area (Å²) in [6.45, 7) is 6.97. The largest absolute Gasteiger partial charge is 0.348 e. The first-order valence-corrected chi connectivity index (χ1v) is 7.28. The zero-order valence-corrected chi connectivity index (χ0v) is 12.5. The Morgan fingerprint density at radius 3 is 3.11 bits per heavy atom. The first-order valence-electron chi connectivity index (χ1n) is 6.49. The lowest BCUT2D eigenvalue weighted by molar-refractivity contribution is 0.0905. The van der Waals surface area contributed by atoms with E-state index in [0.717, 1.165) is 36.2 Å². The van der Waals surface area contributed by atoms with Gasteiger partial charge in [0.2, 0.25) is 0 Å². The van der Waals surface area contributed by atoms with Crippen LogP contribution in [0.3, 0.4) is 0 Å². The Balaban J connectivity index is 2.06. The topological polar surface area (TPSA) is 46.1 Å². The lowest BCUT2D eigenvalue weighted by atomic mass is 9.95. The van der Waals surface area contributed by atoms with E-state index in [0.29, 0.717) is 5.92 Å². The van der Waals surface area contributed by atoms with Crippen LogP contribution in [0.25, 0.3) is 0 Å². The first kappa shape index (κ1) is 13.6. The van der Waals surface area contributed by atoms with Gasteiger partial charge in [0.05, 0.1) is 0 Å². The molecule has 1 aliphatic rings. The van der Waals surface area contributed by atoms with Crippen LogP contribution < -0.4 is 10.6 Å². The average Bonchev–Trinajstić information content (AvgIpc) is 2.73. The molecule has 0 bridgehead atoms. The summed E-state index contributed by atoms with van der Waals surface area (Å²) < 4.78 is 2.92. The van der Waals surface area contributed by atoms with Crippen molar-refractivity contribution in [2.75, 3.05) is 13.1 Å². The maximum absolute atomic E-state index is 12.3. The molecule has 1 saturated heterocycles. The molecule has 100 valence electrons. The van der Waals surface area contributed by atoms with E-state index >= 15 is 0 Å². The van der Waals surface area contributed by atoms with Crippen molar-refractivity contribution in [2.24, 2.45) is 5.92 Å². The third-order valence-electron chi connectivity index (χ3n) is 3.54. The molecule has 0 radical (unpaired) electrons. The highest BCUT2D eigenvalue weighted by molar-refractivity contribution is 9.10. The van der Waals surface area contributed by atoms with Gasteiger partial charge in [0.1, 0.15) is 5.69 Å². The van der Waals surface area contributed by atoms with Crippen molar-refractivity contribution in [3.05, 3.63) is 22.4 Å². The van der Waals surface area contributed by atoms with E-state index < -0.39 is 0 Å². The van der Waals surface area contributed by atoms with Crippen LogP contribution in [0.5, 0.6) is 0 Å². The molecular weight excluding hydrogens is 294 g/mol. The van der Waals surface area contributed by atoms with Gasteiger partial charge < -0.3 is 15.2 Å². The number of hydrogen-bond donors (Lipinski definition) is 2. The van der Waals surface area contributed by atoms with E-state index in [4.69, 9.17) is 0 Å². The molecular formula is C13H20BrN3O. The number of halogens is 1. The van der Waals surface area contributed by atoms with Gasteiger partial charge in [0, 0.05) is 23.3 Å². The Labute approximate surface area is 116 Å². The maximum Gasteiger partial charge on any atom is 0.268 e. The monoisotopic (exact) mass is 313 g/mol. The van der Waals surface area contributed by atoms with Crippen molar-refractivity contribution in [3.8, 4) is 0 Å². The summed E-state index contributed by atoms with van der Waals surface area (Å²) in [6, 6.07) is 2.16. The average molecular weight is 314 g/mol. The van der Waals surface area contributed by atoms with Gasteiger partial charge in [-0.2, -0.15) is 0 Å². The number of piperidine rings is 1. The molecule has 5 heteroatoms. The van der Waals surface area contributed by atoms with Crippen LogP contribution in [0.4, 0.5) is 0 Å². The van der Waals surface area contributed by atoms with E-state index in [1.165, 1.54) is 0 Å². The van der Waals surface area contributed by atoms with Crippen LogP contribution in [0, 0.1) is 5.92 Å². The fourth-order valence-corrected chi connectivity index (χ4v) is 2.86. The SMILES string of the molecule is CCn1cc(Br)cc1C(=O)NC1CCNCC1C. The van der Waals surface area contributed by atoms with Gasteiger partial charge in [-0.1, -0.05) is 6.92 Å². The molecule has 0 aromatic carbocycles. The second kappa shape index (κ2) is 5.89. The van der Waals surface area contributed by atoms with E-state index in [1.54, 1.807) is 0 Å². The van der Waals surface area contributed by atoms with Crippen molar-refractivity contribution in [2.45, 2.75) is 32.9 Å². The standard InChI is InChI=1S/C13H20BrN3O/c1-3-17-8-10(14)6-12(17)13(18)16-11-4-5-15-7-9(11)2/h6,8-9,11,15H,3-5,7H2,1-2H3,(H,16,18). The fraction of sp³-hybridized carbons (Fsp3) is 0.615. The summed E-state index contributed by atoms with van der Waals surface area (Å²) in [7, 11) is 0. The number of aromatic nitrogens is 1. The second-order valence-corrected chi connectivity index (χ2v) is 5.80. The summed E-state index contributed by atoms with van der Waals surface area (Å²) in [4.78, 5) is 12.3. The van der Waals surface area contributed by atoms with Crippen molar-refractivity contribution >= 4 is 21.8 Å². The zero-order valence-electron chi connectivity index (χ0n) is 10.9. The third-order valence-corrected chi connectivity index (χ3v) is 3.97. The smallest absolute Gasteiger partial charge is 0.268 e. The van der Waals surface area contributed by atoms with Crippen LogP contribution in [0.1, 0.15) is 30.8 Å². The van der Waals surface area contributed by atoms with Gasteiger partial charge in [-0.05, 0) is 54.3 Å². The van der Waals surface area contributed by atoms with Crippen LogP contribution >= 0.6 is 15.9 Å². The number of carbonyl (C=O) groups is 1. The molecule has 2 N–H and O–H groups in total. The summed E-state index contributed by atoms with van der Waals surface area (Å²) >= 11 is 3.42. The van der Waals surface area contributed by atoms with E-state index in [1.807, 2.05) is 23.8 Å². The van der Waals surface area contributed by atoms with Crippen molar-refractivity contribution in [1.29, 1.82) is 0 Å². The summed E-state index contributed by atoms with van der Waals surface area (Å²) in [5.74, 6) is 0.512. The number of hydrogen-bond acceptors (Lipinski definition) is 2. The summed E-state index contributed by atoms with van der Waals surface area (Å²) in [5.41, 5.74) is 0.732. The quantitative estimate of drug-likeness (QED) is 0.896. The molecule has 0 spiro atoms. The van der Waals surface area contributed by atoms with Crippen molar-refractivity contribution in [1.82, 2.24) is 15.2 Å². The Kier molecular flexibility index (Phi) is 4.45. The molecule has 18 heavy (non-hydrogen) atoms. The van der Waals surface area contributed by atoms with Gasteiger partial charge in [-0.25, -0.2) is 0 Å². The van der Waals surface area contributed by atoms with E-state index in [9.17, 15) is 4.79 Å². The Morgan fingerprint density at radius 2 is 2.44 bits per heavy atom. The number of nitrogens with one attached hydrogen (secondary N) is 2. The number of amides is 1. The van der Waals surface area contributed by atoms with Crippen LogP contribution in [-0.2, 0) is 6.54 Å². The highest BCUT2D eigenvalue weighted by Crippen LogP contribution is 2.16. The maximum atomic E-state index is 12.3. The lowest BCUT2D eigenvalue weighted by Crippen LogP contribution is -2.48. The predicted octanol–water partition coefficient (Wildman–Crippen LogP) is 2.00. The zero-order chi connectivity index (χ0) is 13.1. The normalized spacial score (nSPS) is 23.9. The van der Waals surface area contributed by atoms with Crippen LogP contribution in [0.15, 0.2) is 16.7 Å². The highest BCUT2D eigenvalue weighted by Gasteiger charge is 2.24. The minimum absolute atomic E-state index is 0.0290. The van der Waals surface area contributed by atoms with Gasteiger partial charge in [0.15, 0.2) is 0 Å². The number of carbonyl (C=O) groups excluding carboxylic acids is 1. The molecule has 1 fully saturated rings. The highest BCUT2D eigenvalue weighted by atomic mass is 79.9. The molecule has 0 saturated carbocycles. The molecule has 4 nitrogen and oxygen atoms in total. The molecule has 1 aliphatic heterocycles. The number of nitrogens with zero attached hydrogens (tertiary/aromatic N) is 1. The third kappa shape index (κ3) is 2.95. The molecule has 2 atom stereocenters. The second-order valence-electron chi connectivity index (χ2n) is 4.88. The first-order chi connectivity index (χ1) is 8.61. The summed E-state index contributed by atoms with van der Waals surface area (Å²) in [5, 5.41) is 6.49. The Bertz CT molecular complexity index is 430. The van der Waals surface area contributed by atoms with Crippen LogP contribution in [-0.4, -0.2) is 29.6 Å². The lowest BCUT2D eigenvalue weighted by Gasteiger charge is -2.30. The van der Waals surface area contributed by atoms with Gasteiger partial charge in [-0.3, -0.25) is 4.79 Å². The van der Waals surface area contributed by atoms with Crippen LogP contribution in [0.2, 0.25) is 0 Å². The molecule has 1 aromatic rings. The Morgan fingerprint density at radius 1 is 1.67 bits per heavy atom. The van der Waals surface area contributed by atoms with E-state index in [-0.39, 0.29) is 11.9 Å². The Hall–Kier alpha value is -0.810. The molecule has 0 aliphatic carbocycles. The number of rotatable bonds is 3. The minimum atomic E-state index is 0.0290. The van der Waals surface area contributed by atoms with Gasteiger partial charge >= 0.3 is 0 Å². The number of aryl methyl sites for hydroxylation is 1. The van der Waals surface area contributed by atoms with Gasteiger partial charge in [0.25, 0.3) is 5.91 Å². The predicted molar refractivity (Wildman–Crippen MR) is 75.7 cm³/mol. The summed E-state index contributed by atoms with van der Waals surface area (Å²) in [6.07, 6.45) is 2.95. The molecule has 1 aromatic heterocycles. The molecule has 2 rings (SSSR count). The molecule has 2 heterocycles. The minimum Gasteiger partial charge on any atom is -0.348 e. The van der Waals surface area contributed by atoms with Crippen molar-refractivity contribution < 1.29 is 4.79 Å². The molecule has 1 amide bonds.